The zero-order valence-electron chi connectivity index (χ0n) is 21.5. The van der Waals surface area contributed by atoms with E-state index in [9.17, 15) is 14.3 Å². The van der Waals surface area contributed by atoms with E-state index in [-0.39, 0.29) is 29.9 Å². The molecule has 2 fully saturated rings. The lowest BCUT2D eigenvalue weighted by molar-refractivity contribution is -0.0596. The van der Waals surface area contributed by atoms with Crippen molar-refractivity contribution >= 4 is 17.0 Å². The fourth-order valence-electron chi connectivity index (χ4n) is 4.79. The number of nitriles is 1. The van der Waals surface area contributed by atoms with E-state index in [1.807, 2.05) is 6.07 Å². The minimum atomic E-state index is -0.969. The van der Waals surface area contributed by atoms with Gasteiger partial charge in [-0.3, -0.25) is 4.90 Å². The number of aromatic carboxylic acids is 1. The molecule has 4 aromatic rings. The lowest BCUT2D eigenvalue weighted by atomic mass is 10.1. The van der Waals surface area contributed by atoms with Gasteiger partial charge in [0.15, 0.2) is 0 Å². The second kappa shape index (κ2) is 10.9. The van der Waals surface area contributed by atoms with Crippen molar-refractivity contribution in [2.24, 2.45) is 0 Å². The molecular formula is C29H26FN5O5. The maximum atomic E-state index is 14.1. The molecule has 2 saturated heterocycles. The van der Waals surface area contributed by atoms with E-state index in [1.165, 1.54) is 12.1 Å². The minimum Gasteiger partial charge on any atom is -0.478 e. The van der Waals surface area contributed by atoms with Gasteiger partial charge in [0.1, 0.15) is 24.4 Å². The zero-order chi connectivity index (χ0) is 27.6. The Morgan fingerprint density at radius 3 is 2.70 bits per heavy atom. The van der Waals surface area contributed by atoms with Crippen molar-refractivity contribution < 1.29 is 28.5 Å². The molecule has 0 bridgehead atoms. The third kappa shape index (κ3) is 5.45. The molecule has 204 valence electrons. The van der Waals surface area contributed by atoms with E-state index in [2.05, 4.69) is 14.5 Å². The summed E-state index contributed by atoms with van der Waals surface area (Å²) in [6.45, 7) is 3.29. The van der Waals surface area contributed by atoms with Gasteiger partial charge in [-0.05, 0) is 36.8 Å². The molecule has 1 atom stereocenters. The number of likely N-dealkylation sites (tertiary alicyclic amines) is 1. The van der Waals surface area contributed by atoms with E-state index in [0.29, 0.717) is 43.5 Å². The molecule has 2 aliphatic heterocycles. The SMILES string of the molecule is N#Cc1ccc(COc2cccc(OC3CN(Cc4nc5ccc(C(=O)O)cc5n4CC4CCO4)C3)n2)c(F)c1. The number of halogens is 1. The van der Waals surface area contributed by atoms with Crippen LogP contribution in [0.3, 0.4) is 0 Å². The average molecular weight is 544 g/mol. The molecule has 2 aromatic carbocycles. The lowest BCUT2D eigenvalue weighted by Gasteiger charge is -2.38. The molecule has 40 heavy (non-hydrogen) atoms. The molecule has 0 saturated carbocycles. The number of imidazole rings is 1. The highest BCUT2D eigenvalue weighted by molar-refractivity contribution is 5.92. The highest BCUT2D eigenvalue weighted by Crippen LogP contribution is 2.26. The number of nitrogens with zero attached hydrogens (tertiary/aromatic N) is 5. The summed E-state index contributed by atoms with van der Waals surface area (Å²) in [7, 11) is 0. The van der Waals surface area contributed by atoms with Gasteiger partial charge in [-0.2, -0.15) is 10.2 Å². The van der Waals surface area contributed by atoms with Crippen LogP contribution in [0.2, 0.25) is 0 Å². The second-order valence-electron chi connectivity index (χ2n) is 9.88. The highest BCUT2D eigenvalue weighted by Gasteiger charge is 2.31. The molecule has 2 aliphatic rings. The Morgan fingerprint density at radius 2 is 1.98 bits per heavy atom. The maximum absolute atomic E-state index is 14.1. The topological polar surface area (TPSA) is 123 Å². The summed E-state index contributed by atoms with van der Waals surface area (Å²) in [5.74, 6) is 0.110. The highest BCUT2D eigenvalue weighted by atomic mass is 19.1. The smallest absolute Gasteiger partial charge is 0.335 e. The third-order valence-corrected chi connectivity index (χ3v) is 7.09. The first-order valence-electron chi connectivity index (χ1n) is 13.0. The van der Waals surface area contributed by atoms with Crippen molar-refractivity contribution in [1.82, 2.24) is 19.4 Å². The number of hydrogen-bond acceptors (Lipinski definition) is 8. The standard InChI is InChI=1S/C29H26FN5O5/c30-23-10-18(12-31)4-5-20(23)17-39-27-2-1-3-28(33-27)40-22-13-34(14-22)16-26-32-24-7-6-19(29(36)37)11-25(24)35(26)15-21-8-9-38-21/h1-7,10-11,21-22H,8-9,13-17H2,(H,36,37). The van der Waals surface area contributed by atoms with Crippen molar-refractivity contribution in [3.8, 4) is 17.8 Å². The average Bonchev–Trinajstić information content (AvgIpc) is 3.25. The maximum Gasteiger partial charge on any atom is 0.335 e. The normalized spacial score (nSPS) is 17.1. The molecule has 10 nitrogen and oxygen atoms in total. The first-order valence-corrected chi connectivity index (χ1v) is 13.0. The zero-order valence-corrected chi connectivity index (χ0v) is 21.5. The second-order valence-corrected chi connectivity index (χ2v) is 9.88. The first kappa shape index (κ1) is 25.7. The van der Waals surface area contributed by atoms with E-state index in [0.717, 1.165) is 29.9 Å². The molecule has 4 heterocycles. The van der Waals surface area contributed by atoms with Crippen molar-refractivity contribution in [2.45, 2.75) is 38.3 Å². The molecule has 1 N–H and O–H groups in total. The number of hydrogen-bond donors (Lipinski definition) is 1. The van der Waals surface area contributed by atoms with Crippen LogP contribution in [-0.2, 0) is 24.4 Å². The van der Waals surface area contributed by atoms with Gasteiger partial charge >= 0.3 is 5.97 Å². The summed E-state index contributed by atoms with van der Waals surface area (Å²) in [6, 6.07) is 16.3. The van der Waals surface area contributed by atoms with Crippen LogP contribution in [0.25, 0.3) is 11.0 Å². The van der Waals surface area contributed by atoms with Crippen LogP contribution in [0.5, 0.6) is 11.8 Å². The van der Waals surface area contributed by atoms with Crippen LogP contribution in [0.4, 0.5) is 4.39 Å². The van der Waals surface area contributed by atoms with Gasteiger partial charge in [0.05, 0.1) is 47.4 Å². The predicted molar refractivity (Wildman–Crippen MR) is 140 cm³/mol. The summed E-state index contributed by atoms with van der Waals surface area (Å²) in [5.41, 5.74) is 2.36. The Balaban J connectivity index is 1.07. The summed E-state index contributed by atoms with van der Waals surface area (Å²) >= 11 is 0. The van der Waals surface area contributed by atoms with E-state index >= 15 is 0 Å². The fourth-order valence-corrected chi connectivity index (χ4v) is 4.79. The number of benzene rings is 2. The lowest BCUT2D eigenvalue weighted by Crippen LogP contribution is -2.53. The molecule has 0 aliphatic carbocycles. The number of pyridine rings is 1. The summed E-state index contributed by atoms with van der Waals surface area (Å²) in [6.07, 6.45) is 1.01. The van der Waals surface area contributed by atoms with Crippen LogP contribution in [-0.4, -0.2) is 62.4 Å². The number of carbonyl (C=O) groups is 1. The largest absolute Gasteiger partial charge is 0.478 e. The number of carboxylic acids is 1. The van der Waals surface area contributed by atoms with Crippen LogP contribution in [0.1, 0.15) is 33.7 Å². The molecule has 0 radical (unpaired) electrons. The molecule has 0 amide bonds. The number of rotatable bonds is 10. The first-order chi connectivity index (χ1) is 19.4. The van der Waals surface area contributed by atoms with Gasteiger partial charge in [-0.25, -0.2) is 14.2 Å². The molecule has 2 aromatic heterocycles. The van der Waals surface area contributed by atoms with Crippen LogP contribution >= 0.6 is 0 Å². The fraction of sp³-hybridized carbons (Fsp3) is 0.310. The Labute approximate surface area is 229 Å². The minimum absolute atomic E-state index is 0.0218. The monoisotopic (exact) mass is 543 g/mol. The summed E-state index contributed by atoms with van der Waals surface area (Å²) in [5, 5.41) is 18.3. The van der Waals surface area contributed by atoms with Crippen molar-refractivity contribution in [2.75, 3.05) is 19.7 Å². The summed E-state index contributed by atoms with van der Waals surface area (Å²) < 4.78 is 33.5. The van der Waals surface area contributed by atoms with E-state index < -0.39 is 11.8 Å². The Hall–Kier alpha value is -4.53. The molecule has 6 rings (SSSR count). The number of aromatic nitrogens is 3. The quantitative estimate of drug-likeness (QED) is 0.318. The number of carboxylic acid groups (broad SMARTS) is 1. The van der Waals surface area contributed by atoms with Gasteiger partial charge in [0.2, 0.25) is 11.8 Å². The Bertz CT molecular complexity index is 1610. The molecule has 11 heteroatoms. The van der Waals surface area contributed by atoms with Crippen molar-refractivity contribution in [3.05, 3.63) is 82.9 Å². The van der Waals surface area contributed by atoms with Gasteiger partial charge in [-0.15, -0.1) is 0 Å². The van der Waals surface area contributed by atoms with Crippen LogP contribution in [0.15, 0.2) is 54.6 Å². The number of fused-ring (bicyclic) bond motifs is 1. The van der Waals surface area contributed by atoms with Gasteiger partial charge in [0, 0.05) is 37.4 Å². The van der Waals surface area contributed by atoms with Gasteiger partial charge < -0.3 is 23.9 Å². The van der Waals surface area contributed by atoms with E-state index in [1.54, 1.807) is 42.5 Å². The Morgan fingerprint density at radius 1 is 1.15 bits per heavy atom. The molecule has 0 spiro atoms. The predicted octanol–water partition coefficient (Wildman–Crippen LogP) is 3.77. The van der Waals surface area contributed by atoms with Gasteiger partial charge in [-0.1, -0.05) is 12.1 Å². The third-order valence-electron chi connectivity index (χ3n) is 7.09. The van der Waals surface area contributed by atoms with Crippen LogP contribution in [0, 0.1) is 17.1 Å². The van der Waals surface area contributed by atoms with Crippen LogP contribution < -0.4 is 9.47 Å². The van der Waals surface area contributed by atoms with Crippen molar-refractivity contribution in [1.29, 1.82) is 5.26 Å². The van der Waals surface area contributed by atoms with E-state index in [4.69, 9.17) is 24.5 Å². The molecular weight excluding hydrogens is 517 g/mol. The van der Waals surface area contributed by atoms with Gasteiger partial charge in [0.25, 0.3) is 0 Å². The number of ether oxygens (including phenoxy) is 3. The Kier molecular flexibility index (Phi) is 7.02. The summed E-state index contributed by atoms with van der Waals surface area (Å²) in [4.78, 5) is 22.9. The van der Waals surface area contributed by atoms with Crippen molar-refractivity contribution in [3.63, 3.8) is 0 Å². The molecule has 1 unspecified atom stereocenters.